The molecule has 0 bridgehead atoms. The second kappa shape index (κ2) is 6.16. The molecule has 20 heavy (non-hydrogen) atoms. The summed E-state index contributed by atoms with van der Waals surface area (Å²) in [5, 5.41) is 0. The number of piperidine rings is 1. The summed E-state index contributed by atoms with van der Waals surface area (Å²) in [4.78, 5) is 16.9. The fraction of sp³-hybridized carbons (Fsp3) is 0.562. The Morgan fingerprint density at radius 2 is 2.15 bits per heavy atom. The van der Waals surface area contributed by atoms with Crippen LogP contribution in [-0.2, 0) is 0 Å². The van der Waals surface area contributed by atoms with Crippen molar-refractivity contribution in [2.24, 2.45) is 0 Å². The van der Waals surface area contributed by atoms with Gasteiger partial charge in [-0.3, -0.25) is 4.79 Å². The van der Waals surface area contributed by atoms with Crippen LogP contribution in [0.15, 0.2) is 18.2 Å². The van der Waals surface area contributed by atoms with Crippen molar-refractivity contribution in [1.29, 1.82) is 0 Å². The fourth-order valence-electron chi connectivity index (χ4n) is 2.96. The van der Waals surface area contributed by atoms with Gasteiger partial charge >= 0.3 is 0 Å². The number of nitrogens with zero attached hydrogens (tertiary/aromatic N) is 2. The summed E-state index contributed by atoms with van der Waals surface area (Å²) >= 11 is 0. The van der Waals surface area contributed by atoms with E-state index in [-0.39, 0.29) is 5.91 Å². The lowest BCUT2D eigenvalue weighted by atomic mass is 9.98. The standard InChI is InChI=1S/C16H25N3O/c1-4-13-7-5-6-10-19(13)16(20)14-11-12(17)8-9-15(14)18(2)3/h8-9,11,13H,4-7,10,17H2,1-3H3. The van der Waals surface area contributed by atoms with E-state index in [1.165, 1.54) is 6.42 Å². The van der Waals surface area contributed by atoms with Crippen molar-refractivity contribution >= 4 is 17.3 Å². The quantitative estimate of drug-likeness (QED) is 0.863. The third-order valence-corrected chi connectivity index (χ3v) is 4.09. The molecular formula is C16H25N3O. The van der Waals surface area contributed by atoms with Crippen LogP contribution in [0.3, 0.4) is 0 Å². The molecule has 0 aromatic heterocycles. The molecule has 1 saturated heterocycles. The molecule has 1 atom stereocenters. The molecule has 0 saturated carbocycles. The molecule has 1 fully saturated rings. The third-order valence-electron chi connectivity index (χ3n) is 4.09. The minimum absolute atomic E-state index is 0.118. The van der Waals surface area contributed by atoms with Gasteiger partial charge in [-0.2, -0.15) is 0 Å². The van der Waals surface area contributed by atoms with Crippen LogP contribution in [-0.4, -0.2) is 37.5 Å². The predicted molar refractivity (Wildman–Crippen MR) is 84.1 cm³/mol. The highest BCUT2D eigenvalue weighted by molar-refractivity contribution is 6.00. The molecule has 110 valence electrons. The Hall–Kier alpha value is -1.71. The summed E-state index contributed by atoms with van der Waals surface area (Å²) in [6.45, 7) is 3.02. The van der Waals surface area contributed by atoms with Crippen LogP contribution in [0.1, 0.15) is 43.0 Å². The number of carbonyl (C=O) groups excluding carboxylic acids is 1. The number of benzene rings is 1. The molecule has 1 aromatic carbocycles. The number of carbonyl (C=O) groups is 1. The van der Waals surface area contributed by atoms with Gasteiger partial charge in [0.1, 0.15) is 0 Å². The van der Waals surface area contributed by atoms with Gasteiger partial charge in [0.25, 0.3) is 5.91 Å². The Balaban J connectivity index is 2.34. The van der Waals surface area contributed by atoms with Crippen LogP contribution < -0.4 is 10.6 Å². The predicted octanol–water partition coefficient (Wildman–Crippen LogP) is 2.74. The second-order valence-electron chi connectivity index (χ2n) is 5.73. The van der Waals surface area contributed by atoms with Crippen molar-refractivity contribution in [2.45, 2.75) is 38.6 Å². The topological polar surface area (TPSA) is 49.6 Å². The number of hydrogen-bond donors (Lipinski definition) is 1. The maximum absolute atomic E-state index is 12.9. The summed E-state index contributed by atoms with van der Waals surface area (Å²) in [5.74, 6) is 0.118. The zero-order valence-electron chi connectivity index (χ0n) is 12.7. The molecule has 0 spiro atoms. The van der Waals surface area contributed by atoms with Gasteiger partial charge in [0.2, 0.25) is 0 Å². The second-order valence-corrected chi connectivity index (χ2v) is 5.73. The van der Waals surface area contributed by atoms with E-state index in [9.17, 15) is 4.79 Å². The average molecular weight is 275 g/mol. The van der Waals surface area contributed by atoms with Gasteiger partial charge in [0.15, 0.2) is 0 Å². The van der Waals surface area contributed by atoms with Crippen LogP contribution in [0.2, 0.25) is 0 Å². The van der Waals surface area contributed by atoms with Crippen LogP contribution in [0.5, 0.6) is 0 Å². The van der Waals surface area contributed by atoms with Gasteiger partial charge < -0.3 is 15.5 Å². The van der Waals surface area contributed by atoms with Gasteiger partial charge in [0.05, 0.1) is 5.56 Å². The first-order valence-corrected chi connectivity index (χ1v) is 7.42. The molecule has 4 heteroatoms. The van der Waals surface area contributed by atoms with E-state index in [2.05, 4.69) is 6.92 Å². The summed E-state index contributed by atoms with van der Waals surface area (Å²) in [5.41, 5.74) is 8.17. The number of nitrogens with two attached hydrogens (primary N) is 1. The van der Waals surface area contributed by atoms with Crippen molar-refractivity contribution in [3.05, 3.63) is 23.8 Å². The highest BCUT2D eigenvalue weighted by Gasteiger charge is 2.27. The molecule has 0 radical (unpaired) electrons. The highest BCUT2D eigenvalue weighted by Crippen LogP contribution is 2.27. The van der Waals surface area contributed by atoms with Gasteiger partial charge in [-0.05, 0) is 43.9 Å². The molecule has 0 aliphatic carbocycles. The van der Waals surface area contributed by atoms with Gasteiger partial charge in [-0.15, -0.1) is 0 Å². The Bertz CT molecular complexity index is 485. The molecule has 1 aliphatic rings. The fourth-order valence-corrected chi connectivity index (χ4v) is 2.96. The van der Waals surface area contributed by atoms with Crippen molar-refractivity contribution in [3.8, 4) is 0 Å². The molecule has 4 nitrogen and oxygen atoms in total. The van der Waals surface area contributed by atoms with E-state index in [1.54, 1.807) is 6.07 Å². The summed E-state index contributed by atoms with van der Waals surface area (Å²) in [7, 11) is 3.91. The van der Waals surface area contributed by atoms with E-state index >= 15 is 0 Å². The molecule has 2 rings (SSSR count). The Kier molecular flexibility index (Phi) is 4.53. The first kappa shape index (κ1) is 14.7. The minimum Gasteiger partial charge on any atom is -0.399 e. The van der Waals surface area contributed by atoms with Gasteiger partial charge in [0, 0.05) is 38.1 Å². The van der Waals surface area contributed by atoms with Crippen molar-refractivity contribution in [3.63, 3.8) is 0 Å². The number of amides is 1. The summed E-state index contributed by atoms with van der Waals surface area (Å²) in [6.07, 6.45) is 4.45. The van der Waals surface area contributed by atoms with Crippen LogP contribution in [0, 0.1) is 0 Å². The van der Waals surface area contributed by atoms with Crippen LogP contribution in [0.4, 0.5) is 11.4 Å². The van der Waals surface area contributed by atoms with E-state index in [4.69, 9.17) is 5.73 Å². The van der Waals surface area contributed by atoms with E-state index in [1.807, 2.05) is 36.0 Å². The lowest BCUT2D eigenvalue weighted by Crippen LogP contribution is -2.43. The highest BCUT2D eigenvalue weighted by atomic mass is 16.2. The summed E-state index contributed by atoms with van der Waals surface area (Å²) in [6, 6.07) is 5.94. The monoisotopic (exact) mass is 275 g/mol. The first-order chi connectivity index (χ1) is 9.54. The number of anilines is 2. The molecule has 1 aliphatic heterocycles. The molecule has 2 N–H and O–H groups in total. The van der Waals surface area contributed by atoms with Gasteiger partial charge in [-0.1, -0.05) is 6.92 Å². The molecular weight excluding hydrogens is 250 g/mol. The van der Waals surface area contributed by atoms with Crippen molar-refractivity contribution < 1.29 is 4.79 Å². The number of rotatable bonds is 3. The largest absolute Gasteiger partial charge is 0.399 e. The van der Waals surface area contributed by atoms with E-state index in [0.29, 0.717) is 11.7 Å². The first-order valence-electron chi connectivity index (χ1n) is 7.42. The van der Waals surface area contributed by atoms with E-state index in [0.717, 1.165) is 37.1 Å². The maximum Gasteiger partial charge on any atom is 0.256 e. The lowest BCUT2D eigenvalue weighted by molar-refractivity contribution is 0.0609. The lowest BCUT2D eigenvalue weighted by Gasteiger charge is -2.36. The molecule has 1 amide bonds. The Labute approximate surface area is 121 Å². The Morgan fingerprint density at radius 3 is 2.80 bits per heavy atom. The number of likely N-dealkylation sites (tertiary alicyclic amines) is 1. The maximum atomic E-state index is 12.9. The van der Waals surface area contributed by atoms with E-state index < -0.39 is 0 Å². The summed E-state index contributed by atoms with van der Waals surface area (Å²) < 4.78 is 0. The average Bonchev–Trinajstić information content (AvgIpc) is 2.46. The van der Waals surface area contributed by atoms with Crippen LogP contribution >= 0.6 is 0 Å². The van der Waals surface area contributed by atoms with Crippen molar-refractivity contribution in [1.82, 2.24) is 4.90 Å². The SMILES string of the molecule is CCC1CCCCN1C(=O)c1cc(N)ccc1N(C)C. The molecule has 1 heterocycles. The normalized spacial score (nSPS) is 18.9. The number of hydrogen-bond acceptors (Lipinski definition) is 3. The Morgan fingerprint density at radius 1 is 1.40 bits per heavy atom. The smallest absolute Gasteiger partial charge is 0.256 e. The number of nitrogen functional groups attached to an aromatic ring is 1. The molecule has 1 unspecified atom stereocenters. The van der Waals surface area contributed by atoms with Crippen molar-refractivity contribution in [2.75, 3.05) is 31.3 Å². The van der Waals surface area contributed by atoms with Gasteiger partial charge in [-0.25, -0.2) is 0 Å². The third kappa shape index (κ3) is 2.89. The zero-order valence-corrected chi connectivity index (χ0v) is 12.7. The zero-order chi connectivity index (χ0) is 14.7. The minimum atomic E-state index is 0.118. The molecule has 1 aromatic rings. The van der Waals surface area contributed by atoms with Crippen LogP contribution in [0.25, 0.3) is 0 Å².